The minimum absolute atomic E-state index is 0.737. The summed E-state index contributed by atoms with van der Waals surface area (Å²) in [7, 11) is 5.89. The average Bonchev–Trinajstić information content (AvgIpc) is 2.36. The second-order valence-corrected chi connectivity index (χ2v) is 4.70. The first-order valence-electron chi connectivity index (χ1n) is 6.62. The summed E-state index contributed by atoms with van der Waals surface area (Å²) in [5.41, 5.74) is 1.24. The Bertz CT molecular complexity index is 350. The highest BCUT2D eigenvalue weighted by atomic mass is 16.5. The molecule has 0 unspecified atom stereocenters. The number of benzene rings is 1. The lowest BCUT2D eigenvalue weighted by molar-refractivity contribution is 0.290. The van der Waals surface area contributed by atoms with Crippen LogP contribution >= 0.6 is 0 Å². The fourth-order valence-electron chi connectivity index (χ4n) is 1.87. The van der Waals surface area contributed by atoms with Gasteiger partial charge >= 0.3 is 0 Å². The zero-order valence-electron chi connectivity index (χ0n) is 12.0. The molecule has 0 atom stereocenters. The maximum Gasteiger partial charge on any atom is 0.164 e. The first-order valence-corrected chi connectivity index (χ1v) is 6.62. The van der Waals surface area contributed by atoms with Gasteiger partial charge in [-0.15, -0.1) is 0 Å². The van der Waals surface area contributed by atoms with Crippen LogP contribution in [0.25, 0.3) is 0 Å². The van der Waals surface area contributed by atoms with E-state index in [0.29, 0.717) is 0 Å². The van der Waals surface area contributed by atoms with E-state index >= 15 is 0 Å². The van der Waals surface area contributed by atoms with Crippen molar-refractivity contribution in [2.45, 2.75) is 26.2 Å². The Kier molecular flexibility index (Phi) is 6.58. The van der Waals surface area contributed by atoms with E-state index in [9.17, 15) is 0 Å². The second kappa shape index (κ2) is 7.98. The Labute approximate surface area is 111 Å². The molecule has 0 saturated heterocycles. The number of hydrogen-bond acceptors (Lipinski definition) is 3. The van der Waals surface area contributed by atoms with Gasteiger partial charge in [0.2, 0.25) is 0 Å². The van der Waals surface area contributed by atoms with Crippen LogP contribution < -0.4 is 9.47 Å². The maximum atomic E-state index is 5.83. The minimum atomic E-state index is 0.737. The van der Waals surface area contributed by atoms with Crippen molar-refractivity contribution in [3.8, 4) is 11.5 Å². The van der Waals surface area contributed by atoms with Crippen molar-refractivity contribution >= 4 is 0 Å². The molecule has 3 nitrogen and oxygen atoms in total. The van der Waals surface area contributed by atoms with E-state index in [2.05, 4.69) is 32.0 Å². The van der Waals surface area contributed by atoms with Gasteiger partial charge in [-0.3, -0.25) is 0 Å². The molecular weight excluding hydrogens is 226 g/mol. The first-order chi connectivity index (χ1) is 8.69. The van der Waals surface area contributed by atoms with E-state index in [-0.39, 0.29) is 0 Å². The Morgan fingerprint density at radius 1 is 1.22 bits per heavy atom. The highest BCUT2D eigenvalue weighted by Gasteiger charge is 2.10. The summed E-state index contributed by atoms with van der Waals surface area (Å²) in [5.74, 6) is 1.76. The molecule has 3 heteroatoms. The summed E-state index contributed by atoms with van der Waals surface area (Å²) in [6.45, 7) is 3.94. The molecule has 0 saturated carbocycles. The topological polar surface area (TPSA) is 21.7 Å². The number of aryl methyl sites for hydroxylation is 1. The molecule has 0 aromatic heterocycles. The number of hydrogen-bond donors (Lipinski definition) is 0. The van der Waals surface area contributed by atoms with Crippen LogP contribution in [0.4, 0.5) is 0 Å². The summed E-state index contributed by atoms with van der Waals surface area (Å²) in [6.07, 6.45) is 3.16. The van der Waals surface area contributed by atoms with Gasteiger partial charge < -0.3 is 14.4 Å². The Balaban J connectivity index is 2.74. The van der Waals surface area contributed by atoms with Crippen molar-refractivity contribution in [2.75, 3.05) is 34.4 Å². The summed E-state index contributed by atoms with van der Waals surface area (Å²) in [4.78, 5) is 2.20. The number of rotatable bonds is 8. The molecule has 0 aliphatic rings. The van der Waals surface area contributed by atoms with Gasteiger partial charge in [-0.05, 0) is 51.5 Å². The van der Waals surface area contributed by atoms with Gasteiger partial charge in [-0.2, -0.15) is 0 Å². The average molecular weight is 251 g/mol. The Morgan fingerprint density at radius 3 is 2.61 bits per heavy atom. The third-order valence-corrected chi connectivity index (χ3v) is 2.78. The molecule has 1 aromatic carbocycles. The summed E-state index contributed by atoms with van der Waals surface area (Å²) >= 11 is 0. The molecule has 1 rings (SSSR count). The number of methoxy groups -OCH3 is 1. The standard InChI is InChI=1S/C15H25NO2/c1-5-12-18-15-13(9-7-11-16(2)3)8-6-10-14(15)17-4/h6,8,10H,5,7,9,11-12H2,1-4H3. The lowest BCUT2D eigenvalue weighted by atomic mass is 10.1. The molecule has 102 valence electrons. The van der Waals surface area contributed by atoms with Crippen molar-refractivity contribution in [1.29, 1.82) is 0 Å². The number of nitrogens with zero attached hydrogens (tertiary/aromatic N) is 1. The van der Waals surface area contributed by atoms with Gasteiger partial charge in [-0.25, -0.2) is 0 Å². The zero-order chi connectivity index (χ0) is 13.4. The molecule has 1 aromatic rings. The van der Waals surface area contributed by atoms with Crippen molar-refractivity contribution < 1.29 is 9.47 Å². The van der Waals surface area contributed by atoms with Gasteiger partial charge in [0.05, 0.1) is 13.7 Å². The monoisotopic (exact) mass is 251 g/mol. The predicted molar refractivity (Wildman–Crippen MR) is 75.7 cm³/mol. The Hall–Kier alpha value is -1.22. The van der Waals surface area contributed by atoms with E-state index in [4.69, 9.17) is 9.47 Å². The van der Waals surface area contributed by atoms with Crippen LogP contribution in [0.2, 0.25) is 0 Å². The smallest absolute Gasteiger partial charge is 0.164 e. The first kappa shape index (κ1) is 14.8. The Morgan fingerprint density at radius 2 is 2.00 bits per heavy atom. The molecule has 0 N–H and O–H groups in total. The highest BCUT2D eigenvalue weighted by Crippen LogP contribution is 2.32. The molecule has 18 heavy (non-hydrogen) atoms. The summed E-state index contributed by atoms with van der Waals surface area (Å²) in [5, 5.41) is 0. The van der Waals surface area contributed by atoms with Crippen LogP contribution in [0.5, 0.6) is 11.5 Å². The van der Waals surface area contributed by atoms with E-state index in [1.807, 2.05) is 12.1 Å². The zero-order valence-corrected chi connectivity index (χ0v) is 12.0. The summed E-state index contributed by atoms with van der Waals surface area (Å²) in [6, 6.07) is 6.12. The van der Waals surface area contributed by atoms with Gasteiger partial charge in [0, 0.05) is 0 Å². The number of ether oxygens (including phenoxy) is 2. The normalized spacial score (nSPS) is 10.7. The second-order valence-electron chi connectivity index (χ2n) is 4.70. The lowest BCUT2D eigenvalue weighted by Crippen LogP contribution is -2.13. The van der Waals surface area contributed by atoms with Crippen LogP contribution in [0.15, 0.2) is 18.2 Å². The van der Waals surface area contributed by atoms with Gasteiger partial charge in [0.1, 0.15) is 0 Å². The molecule has 0 aliphatic carbocycles. The molecule has 0 aliphatic heterocycles. The fraction of sp³-hybridized carbons (Fsp3) is 0.600. The van der Waals surface area contributed by atoms with E-state index in [1.54, 1.807) is 7.11 Å². The van der Waals surface area contributed by atoms with Crippen molar-refractivity contribution in [2.24, 2.45) is 0 Å². The van der Waals surface area contributed by atoms with Crippen molar-refractivity contribution in [3.05, 3.63) is 23.8 Å². The highest BCUT2D eigenvalue weighted by molar-refractivity contribution is 5.46. The van der Waals surface area contributed by atoms with Gasteiger partial charge in [0.15, 0.2) is 11.5 Å². The van der Waals surface area contributed by atoms with Gasteiger partial charge in [-0.1, -0.05) is 19.1 Å². The number of para-hydroxylation sites is 1. The van der Waals surface area contributed by atoms with Crippen LogP contribution in [0.1, 0.15) is 25.3 Å². The predicted octanol–water partition coefficient (Wildman–Crippen LogP) is 2.98. The van der Waals surface area contributed by atoms with Crippen molar-refractivity contribution in [1.82, 2.24) is 4.90 Å². The third-order valence-electron chi connectivity index (χ3n) is 2.78. The van der Waals surface area contributed by atoms with Crippen molar-refractivity contribution in [3.63, 3.8) is 0 Å². The minimum Gasteiger partial charge on any atom is -0.493 e. The molecule has 0 fully saturated rings. The molecule has 0 bridgehead atoms. The summed E-state index contributed by atoms with van der Waals surface area (Å²) < 4.78 is 11.2. The fourth-order valence-corrected chi connectivity index (χ4v) is 1.87. The van der Waals surface area contributed by atoms with Gasteiger partial charge in [0.25, 0.3) is 0 Å². The molecule has 0 amide bonds. The van der Waals surface area contributed by atoms with Crippen LogP contribution in [0, 0.1) is 0 Å². The van der Waals surface area contributed by atoms with E-state index in [0.717, 1.165) is 43.9 Å². The van der Waals surface area contributed by atoms with Crippen LogP contribution in [0.3, 0.4) is 0 Å². The molecule has 0 heterocycles. The van der Waals surface area contributed by atoms with Crippen LogP contribution in [-0.4, -0.2) is 39.3 Å². The van der Waals surface area contributed by atoms with E-state index in [1.165, 1.54) is 5.56 Å². The quantitative estimate of drug-likeness (QED) is 0.709. The SMILES string of the molecule is CCCOc1c(CCCN(C)C)cccc1OC. The third kappa shape index (κ3) is 4.57. The lowest BCUT2D eigenvalue weighted by Gasteiger charge is -2.15. The molecule has 0 spiro atoms. The largest absolute Gasteiger partial charge is 0.493 e. The maximum absolute atomic E-state index is 5.83. The molecule has 0 radical (unpaired) electrons. The van der Waals surface area contributed by atoms with Crippen LogP contribution in [-0.2, 0) is 6.42 Å². The molecular formula is C15H25NO2. The van der Waals surface area contributed by atoms with E-state index < -0.39 is 0 Å².